The molecule has 0 aliphatic heterocycles. The number of halogens is 4. The Bertz CT molecular complexity index is 841. The van der Waals surface area contributed by atoms with Gasteiger partial charge in [0.1, 0.15) is 11.4 Å². The molecule has 6 nitrogen and oxygen atoms in total. The van der Waals surface area contributed by atoms with Gasteiger partial charge in [0.25, 0.3) is 5.69 Å². The molecule has 2 rings (SSSR count). The van der Waals surface area contributed by atoms with Crippen molar-refractivity contribution in [2.24, 2.45) is 5.10 Å². The smallest absolute Gasteiger partial charge is 0.416 e. The Morgan fingerprint density at radius 1 is 1.31 bits per heavy atom. The highest BCUT2D eigenvalue weighted by Gasteiger charge is 2.33. The van der Waals surface area contributed by atoms with E-state index in [0.717, 1.165) is 21.5 Å². The number of benzene rings is 2. The fourth-order valence-corrected chi connectivity index (χ4v) is 2.69. The van der Waals surface area contributed by atoms with Gasteiger partial charge in [0, 0.05) is 6.07 Å². The van der Waals surface area contributed by atoms with Gasteiger partial charge in [-0.15, -0.1) is 0 Å². The van der Waals surface area contributed by atoms with Crippen molar-refractivity contribution in [3.63, 3.8) is 0 Å². The molecule has 0 amide bonds. The third-order valence-electron chi connectivity index (χ3n) is 3.18. The van der Waals surface area contributed by atoms with E-state index in [1.165, 1.54) is 6.21 Å². The van der Waals surface area contributed by atoms with Crippen molar-refractivity contribution in [1.29, 1.82) is 0 Å². The molecule has 0 aliphatic rings. The second-order valence-corrected chi connectivity index (χ2v) is 6.14. The largest absolute Gasteiger partial charge is 0.493 e. The van der Waals surface area contributed by atoms with Crippen LogP contribution in [-0.2, 0) is 6.18 Å². The first-order chi connectivity index (χ1) is 12.2. The summed E-state index contributed by atoms with van der Waals surface area (Å²) in [5.41, 5.74) is 1.16. The summed E-state index contributed by atoms with van der Waals surface area (Å²) in [4.78, 5) is 10.1. The first-order valence-electron chi connectivity index (χ1n) is 7.29. The van der Waals surface area contributed by atoms with Crippen molar-refractivity contribution in [2.75, 3.05) is 12.0 Å². The van der Waals surface area contributed by atoms with E-state index in [2.05, 4.69) is 33.1 Å². The van der Waals surface area contributed by atoms with E-state index in [-0.39, 0.29) is 5.69 Å². The zero-order chi connectivity index (χ0) is 19.3. The Hall–Kier alpha value is -2.37. The molecule has 2 aromatic rings. The first-order valence-corrected chi connectivity index (χ1v) is 8.37. The highest BCUT2D eigenvalue weighted by molar-refractivity contribution is 14.1. The van der Waals surface area contributed by atoms with E-state index < -0.39 is 22.4 Å². The Morgan fingerprint density at radius 3 is 2.62 bits per heavy atom. The van der Waals surface area contributed by atoms with Crippen molar-refractivity contribution in [3.05, 3.63) is 61.2 Å². The lowest BCUT2D eigenvalue weighted by atomic mass is 10.1. The van der Waals surface area contributed by atoms with E-state index in [1.54, 1.807) is 18.2 Å². The highest BCUT2D eigenvalue weighted by atomic mass is 127. The normalized spacial score (nSPS) is 11.6. The summed E-state index contributed by atoms with van der Waals surface area (Å²) in [7, 11) is 0. The summed E-state index contributed by atoms with van der Waals surface area (Å²) in [6, 6.07) is 7.48. The van der Waals surface area contributed by atoms with Crippen molar-refractivity contribution in [1.82, 2.24) is 0 Å². The molecule has 10 heteroatoms. The van der Waals surface area contributed by atoms with Gasteiger partial charge in [-0.25, -0.2) is 0 Å². The van der Waals surface area contributed by atoms with Crippen LogP contribution in [-0.4, -0.2) is 17.7 Å². The quantitative estimate of drug-likeness (QED) is 0.272. The number of nitro groups is 1. The topological polar surface area (TPSA) is 76.8 Å². The number of nitrogens with zero attached hydrogens (tertiary/aromatic N) is 2. The van der Waals surface area contributed by atoms with E-state index in [4.69, 9.17) is 4.74 Å². The maximum absolute atomic E-state index is 12.7. The van der Waals surface area contributed by atoms with Gasteiger partial charge in [-0.1, -0.05) is 0 Å². The van der Waals surface area contributed by atoms with Crippen LogP contribution in [0.2, 0.25) is 0 Å². The van der Waals surface area contributed by atoms with Crippen molar-refractivity contribution >= 4 is 40.2 Å². The molecule has 0 saturated heterocycles. The SMILES string of the molecule is CCOc1ccc(/C=N\Nc2ccc(C(F)(F)F)cc2[N+](=O)[O-])cc1I. The molecule has 0 bridgehead atoms. The van der Waals surface area contributed by atoms with Gasteiger partial charge < -0.3 is 4.74 Å². The number of hydrogen-bond donors (Lipinski definition) is 1. The number of hydrogen-bond acceptors (Lipinski definition) is 5. The molecule has 0 aliphatic carbocycles. The number of ether oxygens (including phenoxy) is 1. The number of rotatable bonds is 6. The van der Waals surface area contributed by atoms with Crippen LogP contribution in [0.4, 0.5) is 24.5 Å². The molecule has 26 heavy (non-hydrogen) atoms. The predicted octanol–water partition coefficient (Wildman–Crippen LogP) is 5.06. The zero-order valence-corrected chi connectivity index (χ0v) is 15.5. The van der Waals surface area contributed by atoms with Gasteiger partial charge in [-0.3, -0.25) is 15.5 Å². The second-order valence-electron chi connectivity index (χ2n) is 4.98. The average Bonchev–Trinajstić information content (AvgIpc) is 2.56. The van der Waals surface area contributed by atoms with Crippen LogP contribution < -0.4 is 10.2 Å². The molecule has 0 aromatic heterocycles. The summed E-state index contributed by atoms with van der Waals surface area (Å²) in [6.45, 7) is 2.40. The monoisotopic (exact) mass is 479 g/mol. The second kappa shape index (κ2) is 8.34. The molecule has 0 fully saturated rings. The lowest BCUT2D eigenvalue weighted by Crippen LogP contribution is -2.06. The van der Waals surface area contributed by atoms with Gasteiger partial charge in [-0.05, 0) is 65.4 Å². The van der Waals surface area contributed by atoms with Gasteiger partial charge >= 0.3 is 6.18 Å². The summed E-state index contributed by atoms with van der Waals surface area (Å²) in [5.74, 6) is 0.719. The molecule has 0 atom stereocenters. The minimum absolute atomic E-state index is 0.139. The van der Waals surface area contributed by atoms with Crippen molar-refractivity contribution in [2.45, 2.75) is 13.1 Å². The predicted molar refractivity (Wildman–Crippen MR) is 99.6 cm³/mol. The minimum Gasteiger partial charge on any atom is -0.493 e. The summed E-state index contributed by atoms with van der Waals surface area (Å²) < 4.78 is 44.3. The van der Waals surface area contributed by atoms with Gasteiger partial charge in [0.2, 0.25) is 0 Å². The minimum atomic E-state index is -4.66. The third kappa shape index (κ3) is 5.07. The van der Waals surface area contributed by atoms with Crippen LogP contribution in [0, 0.1) is 13.7 Å². The molecule has 2 aromatic carbocycles. The molecule has 1 N–H and O–H groups in total. The summed E-state index contributed by atoms with van der Waals surface area (Å²) >= 11 is 2.09. The van der Waals surface area contributed by atoms with Crippen LogP contribution in [0.5, 0.6) is 5.75 Å². The standard InChI is InChI=1S/C16H13F3IN3O3/c1-2-26-15-6-3-10(7-12(15)20)9-21-22-13-5-4-11(16(17,18)19)8-14(13)23(24)25/h3-9,22H,2H2,1H3/b21-9-. The number of alkyl halides is 3. The van der Waals surface area contributed by atoms with Crippen molar-refractivity contribution in [3.8, 4) is 5.75 Å². The fraction of sp³-hybridized carbons (Fsp3) is 0.188. The third-order valence-corrected chi connectivity index (χ3v) is 4.02. The van der Waals surface area contributed by atoms with Crippen LogP contribution in [0.3, 0.4) is 0 Å². The van der Waals surface area contributed by atoms with E-state index in [9.17, 15) is 23.3 Å². The Kier molecular flexibility index (Phi) is 6.40. The van der Waals surface area contributed by atoms with Gasteiger partial charge in [0.15, 0.2) is 0 Å². The zero-order valence-electron chi connectivity index (χ0n) is 13.4. The Balaban J connectivity index is 2.19. The Morgan fingerprint density at radius 2 is 2.04 bits per heavy atom. The van der Waals surface area contributed by atoms with E-state index >= 15 is 0 Å². The molecule has 0 heterocycles. The van der Waals surface area contributed by atoms with Crippen LogP contribution in [0.1, 0.15) is 18.1 Å². The molecule has 0 saturated carbocycles. The summed E-state index contributed by atoms with van der Waals surface area (Å²) in [5, 5.41) is 14.9. The number of hydrazone groups is 1. The lowest BCUT2D eigenvalue weighted by molar-refractivity contribution is -0.384. The first kappa shape index (κ1) is 19.9. The van der Waals surface area contributed by atoms with Gasteiger partial charge in [-0.2, -0.15) is 18.3 Å². The number of nitrogens with one attached hydrogen (secondary N) is 1. The molecular formula is C16H13F3IN3O3. The molecule has 0 radical (unpaired) electrons. The molecule has 0 unspecified atom stereocenters. The van der Waals surface area contributed by atoms with E-state index in [1.807, 2.05) is 6.92 Å². The Labute approximate surface area is 160 Å². The fourth-order valence-electron chi connectivity index (χ4n) is 2.00. The van der Waals surface area contributed by atoms with Crippen LogP contribution in [0.25, 0.3) is 0 Å². The number of anilines is 1. The maximum Gasteiger partial charge on any atom is 0.416 e. The summed E-state index contributed by atoms with van der Waals surface area (Å²) in [6.07, 6.45) is -3.26. The maximum atomic E-state index is 12.7. The average molecular weight is 479 g/mol. The van der Waals surface area contributed by atoms with Crippen molar-refractivity contribution < 1.29 is 22.8 Å². The van der Waals surface area contributed by atoms with E-state index in [0.29, 0.717) is 18.2 Å². The van der Waals surface area contributed by atoms with Crippen LogP contribution >= 0.6 is 22.6 Å². The molecule has 138 valence electrons. The lowest BCUT2D eigenvalue weighted by Gasteiger charge is -2.08. The highest BCUT2D eigenvalue weighted by Crippen LogP contribution is 2.34. The van der Waals surface area contributed by atoms with Crippen LogP contribution in [0.15, 0.2) is 41.5 Å². The number of nitro benzene ring substituents is 1. The van der Waals surface area contributed by atoms with Gasteiger partial charge in [0.05, 0.1) is 26.9 Å². The molecule has 0 spiro atoms. The molecular weight excluding hydrogens is 466 g/mol.